The zero-order valence-electron chi connectivity index (χ0n) is 9.26. The number of carbonyl (C=O) groups excluding carboxylic acids is 1. The summed E-state index contributed by atoms with van der Waals surface area (Å²) < 4.78 is 0. The summed E-state index contributed by atoms with van der Waals surface area (Å²) in [5.41, 5.74) is 0. The van der Waals surface area contributed by atoms with Crippen molar-refractivity contribution in [3.8, 4) is 0 Å². The van der Waals surface area contributed by atoms with Crippen LogP contribution in [0.2, 0.25) is 0 Å². The Labute approximate surface area is 94.9 Å². The molecule has 0 aromatic heterocycles. The molecular formula is C12H17NO3. The number of hydrogen-bond acceptors (Lipinski definition) is 2. The van der Waals surface area contributed by atoms with Crippen LogP contribution in [-0.4, -0.2) is 34.5 Å². The number of nitrogens with zero attached hydrogens (tertiary/aromatic N) is 1. The van der Waals surface area contributed by atoms with Gasteiger partial charge in [-0.25, -0.2) is 0 Å². The molecule has 88 valence electrons. The van der Waals surface area contributed by atoms with Crippen LogP contribution in [0.4, 0.5) is 0 Å². The Morgan fingerprint density at radius 2 is 1.88 bits per heavy atom. The highest BCUT2D eigenvalue weighted by atomic mass is 16.4. The molecule has 0 bridgehead atoms. The summed E-state index contributed by atoms with van der Waals surface area (Å²) in [7, 11) is 0. The molecule has 0 spiro atoms. The van der Waals surface area contributed by atoms with Crippen LogP contribution in [0.15, 0.2) is 12.7 Å². The second kappa shape index (κ2) is 4.28. The second-order valence-electron chi connectivity index (χ2n) is 4.64. The molecule has 2 atom stereocenters. The summed E-state index contributed by atoms with van der Waals surface area (Å²) in [6.45, 7) is 4.19. The lowest BCUT2D eigenvalue weighted by Crippen LogP contribution is -2.47. The quantitative estimate of drug-likeness (QED) is 0.714. The molecule has 2 aliphatic carbocycles. The third kappa shape index (κ3) is 1.96. The average Bonchev–Trinajstić information content (AvgIpc) is 2.94. The van der Waals surface area contributed by atoms with E-state index in [4.69, 9.17) is 5.11 Å². The zero-order chi connectivity index (χ0) is 11.7. The van der Waals surface area contributed by atoms with E-state index in [0.717, 1.165) is 19.3 Å². The first-order valence-corrected chi connectivity index (χ1v) is 5.79. The first-order valence-electron chi connectivity index (χ1n) is 5.79. The summed E-state index contributed by atoms with van der Waals surface area (Å²) in [6, 6.07) is 0.334. The topological polar surface area (TPSA) is 57.6 Å². The third-order valence-corrected chi connectivity index (χ3v) is 3.51. The minimum absolute atomic E-state index is 0.0149. The average molecular weight is 223 g/mol. The Kier molecular flexibility index (Phi) is 2.99. The van der Waals surface area contributed by atoms with Crippen molar-refractivity contribution in [2.45, 2.75) is 31.7 Å². The Balaban J connectivity index is 1.99. The first kappa shape index (κ1) is 11.2. The molecule has 0 aliphatic heterocycles. The standard InChI is InChI=1S/C12H17NO3/c1-2-7-13(8-3-4-8)11(14)9-5-6-10(9)12(15)16/h2,8-10H,1,3-7H2,(H,15,16). The van der Waals surface area contributed by atoms with Crippen LogP contribution >= 0.6 is 0 Å². The number of amides is 1. The molecule has 0 radical (unpaired) electrons. The van der Waals surface area contributed by atoms with Crippen molar-refractivity contribution in [3.05, 3.63) is 12.7 Å². The summed E-state index contributed by atoms with van der Waals surface area (Å²) in [6.07, 6.45) is 5.16. The van der Waals surface area contributed by atoms with Crippen molar-refractivity contribution in [3.63, 3.8) is 0 Å². The van der Waals surface area contributed by atoms with Crippen molar-refractivity contribution in [1.82, 2.24) is 4.90 Å². The van der Waals surface area contributed by atoms with Gasteiger partial charge in [-0.05, 0) is 25.7 Å². The van der Waals surface area contributed by atoms with E-state index < -0.39 is 11.9 Å². The molecule has 4 heteroatoms. The Hall–Kier alpha value is -1.32. The predicted octanol–water partition coefficient (Wildman–Crippen LogP) is 1.27. The highest BCUT2D eigenvalue weighted by Crippen LogP contribution is 2.38. The van der Waals surface area contributed by atoms with Gasteiger partial charge < -0.3 is 10.0 Å². The molecule has 1 amide bonds. The van der Waals surface area contributed by atoms with Gasteiger partial charge in [-0.2, -0.15) is 0 Å². The van der Waals surface area contributed by atoms with Crippen molar-refractivity contribution < 1.29 is 14.7 Å². The van der Waals surface area contributed by atoms with Crippen LogP contribution in [0.5, 0.6) is 0 Å². The zero-order valence-corrected chi connectivity index (χ0v) is 9.26. The van der Waals surface area contributed by atoms with Gasteiger partial charge in [0.2, 0.25) is 5.91 Å². The highest BCUT2D eigenvalue weighted by Gasteiger charge is 2.45. The SMILES string of the molecule is C=CCN(C(=O)C1CCC1C(=O)O)C1CC1. The Bertz CT molecular complexity index is 322. The maximum atomic E-state index is 12.1. The maximum Gasteiger partial charge on any atom is 0.307 e. The van der Waals surface area contributed by atoms with Crippen molar-refractivity contribution in [2.24, 2.45) is 11.8 Å². The molecule has 2 aliphatic rings. The van der Waals surface area contributed by atoms with Crippen LogP contribution in [-0.2, 0) is 9.59 Å². The number of rotatable bonds is 5. The maximum absolute atomic E-state index is 12.1. The number of hydrogen-bond donors (Lipinski definition) is 1. The Morgan fingerprint density at radius 1 is 1.25 bits per heavy atom. The summed E-state index contributed by atoms with van der Waals surface area (Å²) in [4.78, 5) is 24.8. The molecule has 2 rings (SSSR count). The normalized spacial score (nSPS) is 28.0. The molecule has 0 saturated heterocycles. The fourth-order valence-corrected chi connectivity index (χ4v) is 2.25. The monoisotopic (exact) mass is 223 g/mol. The molecule has 1 N–H and O–H groups in total. The van der Waals surface area contributed by atoms with Gasteiger partial charge in [0.25, 0.3) is 0 Å². The van der Waals surface area contributed by atoms with Crippen molar-refractivity contribution >= 4 is 11.9 Å². The molecule has 0 aromatic rings. The van der Waals surface area contributed by atoms with E-state index in [0.29, 0.717) is 19.0 Å². The van der Waals surface area contributed by atoms with Crippen LogP contribution < -0.4 is 0 Å². The van der Waals surface area contributed by atoms with E-state index in [9.17, 15) is 9.59 Å². The molecule has 2 fully saturated rings. The fourth-order valence-electron chi connectivity index (χ4n) is 2.25. The van der Waals surface area contributed by atoms with E-state index in [1.165, 1.54) is 0 Å². The van der Waals surface area contributed by atoms with Gasteiger partial charge in [0, 0.05) is 12.6 Å². The lowest BCUT2D eigenvalue weighted by molar-refractivity contribution is -0.156. The van der Waals surface area contributed by atoms with Crippen LogP contribution in [0, 0.1) is 11.8 Å². The fraction of sp³-hybridized carbons (Fsp3) is 0.667. The van der Waals surface area contributed by atoms with E-state index in [-0.39, 0.29) is 11.8 Å². The van der Waals surface area contributed by atoms with Gasteiger partial charge in [-0.1, -0.05) is 6.08 Å². The van der Waals surface area contributed by atoms with Gasteiger partial charge in [0.1, 0.15) is 0 Å². The minimum Gasteiger partial charge on any atom is -0.481 e. The molecule has 0 aromatic carbocycles. The largest absolute Gasteiger partial charge is 0.481 e. The van der Waals surface area contributed by atoms with Crippen LogP contribution in [0.25, 0.3) is 0 Å². The van der Waals surface area contributed by atoms with E-state index in [1.807, 2.05) is 0 Å². The van der Waals surface area contributed by atoms with E-state index in [2.05, 4.69) is 6.58 Å². The number of carbonyl (C=O) groups is 2. The second-order valence-corrected chi connectivity index (χ2v) is 4.64. The van der Waals surface area contributed by atoms with Gasteiger partial charge in [-0.15, -0.1) is 6.58 Å². The molecule has 4 nitrogen and oxygen atoms in total. The van der Waals surface area contributed by atoms with Crippen LogP contribution in [0.1, 0.15) is 25.7 Å². The molecule has 2 unspecified atom stereocenters. The predicted molar refractivity (Wildman–Crippen MR) is 58.8 cm³/mol. The summed E-state index contributed by atoms with van der Waals surface area (Å²) in [5, 5.41) is 8.93. The van der Waals surface area contributed by atoms with Crippen molar-refractivity contribution in [1.29, 1.82) is 0 Å². The smallest absolute Gasteiger partial charge is 0.307 e. The minimum atomic E-state index is -0.834. The molecule has 0 heterocycles. The van der Waals surface area contributed by atoms with Gasteiger partial charge in [-0.3, -0.25) is 9.59 Å². The third-order valence-electron chi connectivity index (χ3n) is 3.51. The first-order chi connectivity index (χ1) is 7.65. The lowest BCUT2D eigenvalue weighted by atomic mass is 9.73. The number of carboxylic acids is 1. The highest BCUT2D eigenvalue weighted by molar-refractivity contribution is 5.86. The summed E-state index contributed by atoms with van der Waals surface area (Å²) in [5.74, 6) is -1.57. The number of aliphatic carboxylic acids is 1. The van der Waals surface area contributed by atoms with Gasteiger partial charge in [0.15, 0.2) is 0 Å². The number of carboxylic acid groups (broad SMARTS) is 1. The molecule has 16 heavy (non-hydrogen) atoms. The van der Waals surface area contributed by atoms with Gasteiger partial charge in [0.05, 0.1) is 11.8 Å². The molecular weight excluding hydrogens is 206 g/mol. The summed E-state index contributed by atoms with van der Waals surface area (Å²) >= 11 is 0. The van der Waals surface area contributed by atoms with Gasteiger partial charge >= 0.3 is 5.97 Å². The van der Waals surface area contributed by atoms with Crippen LogP contribution in [0.3, 0.4) is 0 Å². The Morgan fingerprint density at radius 3 is 2.25 bits per heavy atom. The van der Waals surface area contributed by atoms with Crippen molar-refractivity contribution in [2.75, 3.05) is 6.54 Å². The molecule has 2 saturated carbocycles. The van der Waals surface area contributed by atoms with E-state index >= 15 is 0 Å². The van der Waals surface area contributed by atoms with E-state index in [1.54, 1.807) is 11.0 Å². The lowest BCUT2D eigenvalue weighted by Gasteiger charge is -2.36.